The fraction of sp³-hybridized carbons (Fsp3) is 0.111. The molecule has 12 heavy (non-hydrogen) atoms. The summed E-state index contributed by atoms with van der Waals surface area (Å²) < 4.78 is 0. The molecule has 0 aliphatic rings. The third-order valence-electron chi connectivity index (χ3n) is 1.30. The minimum absolute atomic E-state index is 0.791. The first-order valence-electron chi connectivity index (χ1n) is 3.49. The Bertz CT molecular complexity index is 259. The Hall–Kier alpha value is -1.16. The molecule has 3 nitrogen and oxygen atoms in total. The second-order valence-electron chi connectivity index (χ2n) is 2.43. The number of hydrogen-bond acceptors (Lipinski definition) is 3. The smallest absolute Gasteiger partial charge is 0.297 e. The van der Waals surface area contributed by atoms with E-state index in [9.17, 15) is 0 Å². The molecule has 0 fully saturated rings. The van der Waals surface area contributed by atoms with E-state index in [0.717, 1.165) is 11.6 Å². The highest BCUT2D eigenvalue weighted by Crippen LogP contribution is 2.04. The zero-order valence-corrected chi connectivity index (χ0v) is 6.38. The summed E-state index contributed by atoms with van der Waals surface area (Å²) in [6, 6.07) is 9.03. The van der Waals surface area contributed by atoms with Crippen LogP contribution in [0.15, 0.2) is 36.4 Å². The maximum absolute atomic E-state index is 8.50. The monoisotopic (exact) mass is 166 g/mol. The van der Waals surface area contributed by atoms with Crippen molar-refractivity contribution in [3.63, 3.8) is 0 Å². The van der Waals surface area contributed by atoms with Crippen LogP contribution in [0.1, 0.15) is 5.56 Å². The number of benzene rings is 1. The lowest BCUT2D eigenvalue weighted by atomic mass is 10.2. The molecular weight excluding hydrogens is 156 g/mol. The summed E-state index contributed by atoms with van der Waals surface area (Å²) in [5, 5.41) is 25.5. The van der Waals surface area contributed by atoms with Gasteiger partial charge in [0.1, 0.15) is 0 Å². The van der Waals surface area contributed by atoms with Crippen LogP contribution in [0, 0.1) is 0 Å². The molecule has 0 atom stereocenters. The van der Waals surface area contributed by atoms with Crippen LogP contribution in [-0.4, -0.2) is 21.3 Å². The van der Waals surface area contributed by atoms with E-state index in [-0.39, 0.29) is 0 Å². The standard InChI is InChI=1S/C9H10O3/c10-9(11,12)7-6-8-4-2-1-3-5-8/h1-7,10-12H/b7-6+. The van der Waals surface area contributed by atoms with Crippen molar-refractivity contribution in [2.75, 3.05) is 0 Å². The van der Waals surface area contributed by atoms with Crippen LogP contribution in [0.4, 0.5) is 0 Å². The third-order valence-corrected chi connectivity index (χ3v) is 1.30. The third kappa shape index (κ3) is 3.30. The zero-order valence-electron chi connectivity index (χ0n) is 6.38. The van der Waals surface area contributed by atoms with Gasteiger partial charge in [0.05, 0.1) is 0 Å². The summed E-state index contributed by atoms with van der Waals surface area (Å²) in [5.74, 6) is -2.73. The topological polar surface area (TPSA) is 60.7 Å². The predicted molar refractivity (Wildman–Crippen MR) is 44.9 cm³/mol. The summed E-state index contributed by atoms with van der Waals surface area (Å²) in [6.45, 7) is 0. The summed E-state index contributed by atoms with van der Waals surface area (Å²) >= 11 is 0. The molecule has 0 unspecified atom stereocenters. The SMILES string of the molecule is OC(O)(O)/C=C/c1ccccc1. The first-order chi connectivity index (χ1) is 5.58. The molecule has 0 amide bonds. The van der Waals surface area contributed by atoms with E-state index in [1.165, 1.54) is 6.08 Å². The second kappa shape index (κ2) is 3.49. The van der Waals surface area contributed by atoms with Gasteiger partial charge < -0.3 is 15.3 Å². The molecule has 0 heterocycles. The summed E-state index contributed by atoms with van der Waals surface area (Å²) in [4.78, 5) is 0. The Kier molecular flexibility index (Phi) is 2.60. The van der Waals surface area contributed by atoms with Gasteiger partial charge in [0, 0.05) is 6.08 Å². The second-order valence-corrected chi connectivity index (χ2v) is 2.43. The van der Waals surface area contributed by atoms with Gasteiger partial charge in [-0.15, -0.1) is 0 Å². The Morgan fingerprint density at radius 2 is 1.58 bits per heavy atom. The molecule has 0 spiro atoms. The van der Waals surface area contributed by atoms with Crippen LogP contribution in [-0.2, 0) is 0 Å². The van der Waals surface area contributed by atoms with Crippen LogP contribution in [0.3, 0.4) is 0 Å². The Labute approximate surface area is 70.2 Å². The number of rotatable bonds is 2. The Morgan fingerprint density at radius 1 is 1.00 bits per heavy atom. The van der Waals surface area contributed by atoms with Crippen molar-refractivity contribution in [1.29, 1.82) is 0 Å². The van der Waals surface area contributed by atoms with Crippen LogP contribution >= 0.6 is 0 Å². The lowest BCUT2D eigenvalue weighted by molar-refractivity contribution is -0.272. The summed E-state index contributed by atoms with van der Waals surface area (Å²) in [7, 11) is 0. The van der Waals surface area contributed by atoms with Gasteiger partial charge >= 0.3 is 0 Å². The quantitative estimate of drug-likeness (QED) is 0.555. The van der Waals surface area contributed by atoms with Crippen LogP contribution in [0.2, 0.25) is 0 Å². The fourth-order valence-electron chi connectivity index (χ4n) is 0.772. The highest BCUT2D eigenvalue weighted by atomic mass is 16.7. The van der Waals surface area contributed by atoms with Gasteiger partial charge in [-0.3, -0.25) is 0 Å². The number of aliphatic hydroxyl groups is 3. The van der Waals surface area contributed by atoms with Gasteiger partial charge in [0.25, 0.3) is 5.97 Å². The lowest BCUT2D eigenvalue weighted by Gasteiger charge is -2.06. The number of hydrogen-bond donors (Lipinski definition) is 3. The van der Waals surface area contributed by atoms with E-state index in [0.29, 0.717) is 0 Å². The first kappa shape index (κ1) is 8.93. The van der Waals surface area contributed by atoms with Crippen LogP contribution in [0.25, 0.3) is 6.08 Å². The predicted octanol–water partition coefficient (Wildman–Crippen LogP) is 0.331. The minimum atomic E-state index is -2.73. The van der Waals surface area contributed by atoms with Crippen molar-refractivity contribution in [1.82, 2.24) is 0 Å². The molecule has 1 aromatic carbocycles. The summed E-state index contributed by atoms with van der Waals surface area (Å²) in [5.41, 5.74) is 0.791. The van der Waals surface area contributed by atoms with Crippen LogP contribution in [0.5, 0.6) is 0 Å². The molecule has 0 saturated heterocycles. The van der Waals surface area contributed by atoms with Crippen molar-refractivity contribution in [2.24, 2.45) is 0 Å². The molecule has 0 radical (unpaired) electrons. The molecule has 64 valence electrons. The van der Waals surface area contributed by atoms with E-state index in [4.69, 9.17) is 15.3 Å². The normalized spacial score (nSPS) is 12.2. The van der Waals surface area contributed by atoms with E-state index >= 15 is 0 Å². The van der Waals surface area contributed by atoms with E-state index < -0.39 is 5.97 Å². The minimum Gasteiger partial charge on any atom is -0.340 e. The highest BCUT2D eigenvalue weighted by molar-refractivity contribution is 5.49. The van der Waals surface area contributed by atoms with Crippen molar-refractivity contribution < 1.29 is 15.3 Å². The molecule has 0 aromatic heterocycles. The zero-order chi connectivity index (χ0) is 9.03. The molecule has 0 saturated carbocycles. The molecule has 0 bridgehead atoms. The van der Waals surface area contributed by atoms with E-state index in [1.807, 2.05) is 18.2 Å². The van der Waals surface area contributed by atoms with Crippen LogP contribution < -0.4 is 0 Å². The average molecular weight is 166 g/mol. The average Bonchev–Trinajstić information content (AvgIpc) is 2.02. The molecular formula is C9H10O3. The van der Waals surface area contributed by atoms with E-state index in [1.54, 1.807) is 12.1 Å². The van der Waals surface area contributed by atoms with Crippen molar-refractivity contribution >= 4 is 6.08 Å². The summed E-state index contributed by atoms with van der Waals surface area (Å²) in [6.07, 6.45) is 2.31. The molecule has 3 heteroatoms. The van der Waals surface area contributed by atoms with Gasteiger partial charge in [-0.1, -0.05) is 36.4 Å². The molecule has 1 aromatic rings. The first-order valence-corrected chi connectivity index (χ1v) is 3.49. The molecule has 0 aliphatic heterocycles. The maximum atomic E-state index is 8.50. The Morgan fingerprint density at radius 3 is 2.08 bits per heavy atom. The fourth-order valence-corrected chi connectivity index (χ4v) is 0.772. The highest BCUT2D eigenvalue weighted by Gasteiger charge is 2.10. The van der Waals surface area contributed by atoms with Gasteiger partial charge in [-0.2, -0.15) is 0 Å². The lowest BCUT2D eigenvalue weighted by Crippen LogP contribution is -2.22. The largest absolute Gasteiger partial charge is 0.340 e. The molecule has 1 rings (SSSR count). The van der Waals surface area contributed by atoms with Crippen molar-refractivity contribution in [2.45, 2.75) is 5.97 Å². The van der Waals surface area contributed by atoms with Gasteiger partial charge in [0.2, 0.25) is 0 Å². The van der Waals surface area contributed by atoms with Crippen molar-refractivity contribution in [3.8, 4) is 0 Å². The van der Waals surface area contributed by atoms with E-state index in [2.05, 4.69) is 0 Å². The van der Waals surface area contributed by atoms with Gasteiger partial charge in [0.15, 0.2) is 0 Å². The van der Waals surface area contributed by atoms with Gasteiger partial charge in [-0.05, 0) is 5.56 Å². The van der Waals surface area contributed by atoms with Crippen molar-refractivity contribution in [3.05, 3.63) is 42.0 Å². The maximum Gasteiger partial charge on any atom is 0.297 e. The molecule has 0 aliphatic carbocycles. The Balaban J connectivity index is 2.71. The van der Waals surface area contributed by atoms with Gasteiger partial charge in [-0.25, -0.2) is 0 Å². The molecule has 3 N–H and O–H groups in total.